The molecular formula is C5H4F6N2. The third-order valence-corrected chi connectivity index (χ3v) is 0.738. The maximum Gasteiger partial charge on any atom is 0.505 e. The largest absolute Gasteiger partial charge is 0.505 e. The van der Waals surface area contributed by atoms with Gasteiger partial charge in [-0.05, 0) is 6.92 Å². The lowest BCUT2D eigenvalue weighted by atomic mass is 10.6. The summed E-state index contributed by atoms with van der Waals surface area (Å²) in [4.78, 5) is 3.92. The van der Waals surface area contributed by atoms with Gasteiger partial charge in [-0.3, -0.25) is 0 Å². The lowest BCUT2D eigenvalue weighted by Gasteiger charge is -2.06. The maximum absolute atomic E-state index is 11.7. The number of hydrogen-bond acceptors (Lipinski definition) is 1. The van der Waals surface area contributed by atoms with E-state index in [4.69, 9.17) is 0 Å². The van der Waals surface area contributed by atoms with Crippen molar-refractivity contribution in [3.05, 3.63) is 0 Å². The smallest absolute Gasteiger partial charge is 0.238 e. The molecule has 0 aliphatic carbocycles. The number of nitrogens with zero attached hydrogens (tertiary/aromatic N) is 2. The quantitative estimate of drug-likeness (QED) is 0.252. The molecule has 0 saturated carbocycles. The summed E-state index contributed by atoms with van der Waals surface area (Å²) >= 11 is 0. The normalized spacial score (nSPS) is 15.5. The van der Waals surface area contributed by atoms with Crippen molar-refractivity contribution in [3.63, 3.8) is 0 Å². The number of hydrogen-bond donors (Lipinski definition) is 0. The van der Waals surface area contributed by atoms with E-state index in [-0.39, 0.29) is 0 Å². The molecular weight excluding hydrogens is 202 g/mol. The van der Waals surface area contributed by atoms with E-state index in [1.165, 1.54) is 4.99 Å². The minimum absolute atomic E-state index is 0.581. The van der Waals surface area contributed by atoms with E-state index in [1.807, 2.05) is 0 Å². The summed E-state index contributed by atoms with van der Waals surface area (Å²) in [5, 5.41) is 0. The van der Waals surface area contributed by atoms with E-state index in [0.29, 0.717) is 6.21 Å². The SMILES string of the molecule is CC=NC(=NC(F)(F)F)C(F)(F)F. The van der Waals surface area contributed by atoms with Crippen LogP contribution in [0.15, 0.2) is 9.98 Å². The van der Waals surface area contributed by atoms with Crippen molar-refractivity contribution < 1.29 is 26.3 Å². The molecule has 8 heteroatoms. The molecule has 0 N–H and O–H groups in total. The fourth-order valence-corrected chi connectivity index (χ4v) is 0.408. The molecule has 0 aliphatic rings. The van der Waals surface area contributed by atoms with Gasteiger partial charge in [0.1, 0.15) is 0 Å². The predicted molar refractivity (Wildman–Crippen MR) is 33.7 cm³/mol. The third-order valence-electron chi connectivity index (χ3n) is 0.738. The summed E-state index contributed by atoms with van der Waals surface area (Å²) < 4.78 is 69.3. The molecule has 0 saturated heterocycles. The molecule has 0 heterocycles. The number of rotatable bonds is 0. The summed E-state index contributed by atoms with van der Waals surface area (Å²) in [6.07, 6.45) is -9.88. The van der Waals surface area contributed by atoms with Crippen molar-refractivity contribution in [2.75, 3.05) is 0 Å². The van der Waals surface area contributed by atoms with Gasteiger partial charge >= 0.3 is 12.5 Å². The summed E-state index contributed by atoms with van der Waals surface area (Å²) in [6, 6.07) is 0. The Labute approximate surface area is 69.0 Å². The van der Waals surface area contributed by atoms with Gasteiger partial charge in [0.05, 0.1) is 0 Å². The standard InChI is InChI=1S/C5H4F6N2/c1-2-12-3(4(6,7)8)13-5(9,10)11/h2H,1H3. The Kier molecular flexibility index (Phi) is 3.44. The third kappa shape index (κ3) is 5.21. The van der Waals surface area contributed by atoms with Crippen LogP contribution in [0.3, 0.4) is 0 Å². The highest BCUT2D eigenvalue weighted by Crippen LogP contribution is 2.24. The zero-order valence-electron chi connectivity index (χ0n) is 6.24. The number of alkyl halides is 6. The van der Waals surface area contributed by atoms with Gasteiger partial charge in [-0.15, -0.1) is 13.2 Å². The first-order valence-corrected chi connectivity index (χ1v) is 2.89. The van der Waals surface area contributed by atoms with Crippen molar-refractivity contribution >= 4 is 12.1 Å². The van der Waals surface area contributed by atoms with Crippen LogP contribution in [0, 0.1) is 0 Å². The molecule has 0 aromatic carbocycles. The van der Waals surface area contributed by atoms with Crippen LogP contribution >= 0.6 is 0 Å². The highest BCUT2D eigenvalue weighted by Gasteiger charge is 2.40. The number of halogens is 6. The molecule has 0 unspecified atom stereocenters. The second kappa shape index (κ2) is 3.75. The summed E-state index contributed by atoms with van der Waals surface area (Å²) in [5.41, 5.74) is 0. The van der Waals surface area contributed by atoms with Gasteiger partial charge in [0, 0.05) is 6.21 Å². The van der Waals surface area contributed by atoms with Crippen LogP contribution in [0.5, 0.6) is 0 Å². The zero-order valence-corrected chi connectivity index (χ0v) is 6.24. The lowest BCUT2D eigenvalue weighted by molar-refractivity contribution is -0.125. The van der Waals surface area contributed by atoms with E-state index in [1.54, 1.807) is 0 Å². The molecule has 0 radical (unpaired) electrons. The molecule has 0 aromatic heterocycles. The fourth-order valence-electron chi connectivity index (χ4n) is 0.408. The van der Waals surface area contributed by atoms with Crippen LogP contribution in [0.2, 0.25) is 0 Å². The molecule has 0 aliphatic heterocycles. The second-order valence-corrected chi connectivity index (χ2v) is 1.79. The molecule has 13 heavy (non-hydrogen) atoms. The molecule has 0 aromatic rings. The highest BCUT2D eigenvalue weighted by molar-refractivity contribution is 5.93. The van der Waals surface area contributed by atoms with E-state index < -0.39 is 18.3 Å². The van der Waals surface area contributed by atoms with Gasteiger partial charge in [0.25, 0.3) is 0 Å². The van der Waals surface area contributed by atoms with Crippen LogP contribution in [0.25, 0.3) is 0 Å². The van der Waals surface area contributed by atoms with Crippen molar-refractivity contribution in [2.24, 2.45) is 9.98 Å². The molecule has 76 valence electrons. The van der Waals surface area contributed by atoms with Gasteiger partial charge in [-0.25, -0.2) is 4.99 Å². The molecule has 0 rings (SSSR count). The number of aliphatic imine (C=N–C) groups is 2. The van der Waals surface area contributed by atoms with E-state index in [0.717, 1.165) is 6.92 Å². The van der Waals surface area contributed by atoms with Crippen molar-refractivity contribution in [1.29, 1.82) is 0 Å². The molecule has 2 nitrogen and oxygen atoms in total. The molecule has 0 spiro atoms. The minimum atomic E-state index is -5.27. The Balaban J connectivity index is 4.94. The predicted octanol–water partition coefficient (Wildman–Crippen LogP) is 2.56. The molecule has 0 bridgehead atoms. The Hall–Kier alpha value is -1.08. The first-order chi connectivity index (χ1) is 5.67. The van der Waals surface area contributed by atoms with Crippen LogP contribution in [-0.2, 0) is 0 Å². The number of amidine groups is 1. The van der Waals surface area contributed by atoms with Gasteiger partial charge in [0.15, 0.2) is 0 Å². The average Bonchev–Trinajstić information content (AvgIpc) is 1.81. The van der Waals surface area contributed by atoms with Crippen molar-refractivity contribution in [1.82, 2.24) is 0 Å². The van der Waals surface area contributed by atoms with Crippen LogP contribution in [0.1, 0.15) is 6.92 Å². The Morgan fingerprint density at radius 2 is 1.54 bits per heavy atom. The zero-order chi connectivity index (χ0) is 10.7. The highest BCUT2D eigenvalue weighted by atomic mass is 19.4. The molecule has 0 amide bonds. The lowest BCUT2D eigenvalue weighted by Crippen LogP contribution is -2.24. The van der Waals surface area contributed by atoms with E-state index in [2.05, 4.69) is 4.99 Å². The van der Waals surface area contributed by atoms with Gasteiger partial charge in [-0.2, -0.15) is 18.2 Å². The van der Waals surface area contributed by atoms with Gasteiger partial charge in [-0.1, -0.05) is 0 Å². The van der Waals surface area contributed by atoms with Gasteiger partial charge in [0.2, 0.25) is 5.84 Å². The van der Waals surface area contributed by atoms with Gasteiger partial charge < -0.3 is 0 Å². The van der Waals surface area contributed by atoms with Crippen LogP contribution in [-0.4, -0.2) is 24.5 Å². The molecule has 0 fully saturated rings. The topological polar surface area (TPSA) is 24.7 Å². The summed E-state index contributed by atoms with van der Waals surface area (Å²) in [7, 11) is 0. The van der Waals surface area contributed by atoms with Crippen molar-refractivity contribution in [3.8, 4) is 0 Å². The second-order valence-electron chi connectivity index (χ2n) is 1.79. The molecule has 0 atom stereocenters. The Bertz CT molecular complexity index is 222. The van der Waals surface area contributed by atoms with E-state index in [9.17, 15) is 26.3 Å². The van der Waals surface area contributed by atoms with Crippen LogP contribution in [0.4, 0.5) is 26.3 Å². The van der Waals surface area contributed by atoms with E-state index >= 15 is 0 Å². The Morgan fingerprint density at radius 3 is 1.77 bits per heavy atom. The average molecular weight is 206 g/mol. The summed E-state index contributed by atoms with van der Waals surface area (Å²) in [5.74, 6) is -2.21. The maximum atomic E-state index is 11.7. The monoisotopic (exact) mass is 206 g/mol. The Morgan fingerprint density at radius 1 is 1.08 bits per heavy atom. The first-order valence-electron chi connectivity index (χ1n) is 2.89. The fraction of sp³-hybridized carbons (Fsp3) is 0.600. The summed E-state index contributed by atoms with van der Waals surface area (Å²) in [6.45, 7) is 1.05. The first kappa shape index (κ1) is 11.9. The van der Waals surface area contributed by atoms with Crippen LogP contribution < -0.4 is 0 Å². The van der Waals surface area contributed by atoms with Crippen molar-refractivity contribution in [2.45, 2.75) is 19.4 Å². The minimum Gasteiger partial charge on any atom is -0.238 e.